The largest absolute Gasteiger partial charge is 0.465 e. The highest BCUT2D eigenvalue weighted by Gasteiger charge is 2.43. The van der Waals surface area contributed by atoms with Crippen molar-refractivity contribution in [1.82, 2.24) is 24.4 Å². The van der Waals surface area contributed by atoms with Gasteiger partial charge in [-0.3, -0.25) is 9.20 Å². The van der Waals surface area contributed by atoms with Crippen molar-refractivity contribution in [2.24, 2.45) is 0 Å². The Hall–Kier alpha value is -4.54. The van der Waals surface area contributed by atoms with Crippen molar-refractivity contribution in [2.75, 3.05) is 11.9 Å². The van der Waals surface area contributed by atoms with Gasteiger partial charge in [-0.25, -0.2) is 9.78 Å². The van der Waals surface area contributed by atoms with Gasteiger partial charge in [-0.15, -0.1) is 0 Å². The summed E-state index contributed by atoms with van der Waals surface area (Å²) in [6.07, 6.45) is 3.42. The van der Waals surface area contributed by atoms with Crippen LogP contribution in [0, 0.1) is 6.92 Å². The Bertz CT molecular complexity index is 1520. The summed E-state index contributed by atoms with van der Waals surface area (Å²) in [6, 6.07) is 8.98. The highest BCUT2D eigenvalue weighted by atomic mass is 16.5. The molecule has 1 aliphatic rings. The zero-order valence-electron chi connectivity index (χ0n) is 20.6. The first-order valence-corrected chi connectivity index (χ1v) is 11.9. The zero-order valence-corrected chi connectivity index (χ0v) is 20.6. The fourth-order valence-corrected chi connectivity index (χ4v) is 4.40. The van der Waals surface area contributed by atoms with Crippen LogP contribution in [-0.4, -0.2) is 59.9 Å². The number of nitrogens with one attached hydrogen (secondary N) is 1. The fourth-order valence-electron chi connectivity index (χ4n) is 4.40. The van der Waals surface area contributed by atoms with Crippen molar-refractivity contribution < 1.29 is 24.0 Å². The summed E-state index contributed by atoms with van der Waals surface area (Å²) < 4.78 is 7.13. The number of carboxylic acid groups (broad SMARTS) is 1. The molecule has 0 bridgehead atoms. The van der Waals surface area contributed by atoms with Crippen LogP contribution in [0.3, 0.4) is 0 Å². The number of pyridine rings is 1. The molecular weight excluding hydrogens is 476 g/mol. The number of imidazole rings is 1. The van der Waals surface area contributed by atoms with E-state index >= 15 is 0 Å². The number of rotatable bonds is 7. The lowest BCUT2D eigenvalue weighted by molar-refractivity contribution is -0.116. The van der Waals surface area contributed by atoms with E-state index < -0.39 is 6.09 Å². The molecule has 2 N–H and O–H groups in total. The van der Waals surface area contributed by atoms with E-state index in [9.17, 15) is 14.4 Å². The monoisotopic (exact) mass is 502 g/mol. The number of Topliss-reactive ketones (excluding diaryl/α,β-unsaturated/α-hetero) is 1. The molecule has 11 heteroatoms. The van der Waals surface area contributed by atoms with E-state index in [4.69, 9.17) is 9.63 Å². The number of hydrogen-bond acceptors (Lipinski definition) is 7. The second-order valence-electron chi connectivity index (χ2n) is 9.33. The van der Waals surface area contributed by atoms with Crippen LogP contribution in [0.5, 0.6) is 0 Å². The van der Waals surface area contributed by atoms with Gasteiger partial charge >= 0.3 is 6.09 Å². The molecule has 2 amide bonds. The zero-order chi connectivity index (χ0) is 26.3. The highest BCUT2D eigenvalue weighted by Crippen LogP contribution is 2.34. The summed E-state index contributed by atoms with van der Waals surface area (Å²) in [5, 5.41) is 16.2. The van der Waals surface area contributed by atoms with E-state index in [0.29, 0.717) is 53.7 Å². The van der Waals surface area contributed by atoms with Crippen LogP contribution in [0.4, 0.5) is 10.5 Å². The first-order valence-electron chi connectivity index (χ1n) is 11.9. The quantitative estimate of drug-likeness (QED) is 0.387. The number of hydrogen-bond donors (Lipinski definition) is 2. The molecule has 1 aliphatic heterocycles. The number of anilines is 1. The highest BCUT2D eigenvalue weighted by molar-refractivity contribution is 6.04. The Morgan fingerprint density at radius 1 is 1.22 bits per heavy atom. The van der Waals surface area contributed by atoms with E-state index in [0.717, 1.165) is 11.1 Å². The van der Waals surface area contributed by atoms with Gasteiger partial charge in [-0.05, 0) is 56.5 Å². The summed E-state index contributed by atoms with van der Waals surface area (Å²) in [6.45, 7) is 5.56. The second kappa shape index (κ2) is 9.49. The molecule has 2 atom stereocenters. The predicted molar refractivity (Wildman–Crippen MR) is 134 cm³/mol. The van der Waals surface area contributed by atoms with Crippen molar-refractivity contribution in [3.63, 3.8) is 0 Å². The topological polar surface area (TPSA) is 143 Å². The number of carbonyl (C=O) groups excluding carboxylic acids is 2. The third-order valence-electron chi connectivity index (χ3n) is 6.79. The van der Waals surface area contributed by atoms with Crippen molar-refractivity contribution in [3.8, 4) is 11.4 Å². The number of nitrogens with zero attached hydrogens (tertiary/aromatic N) is 5. The lowest BCUT2D eigenvalue weighted by atomic mass is 9.90. The van der Waals surface area contributed by atoms with Crippen LogP contribution in [0.15, 0.2) is 47.2 Å². The molecule has 0 radical (unpaired) electrons. The van der Waals surface area contributed by atoms with Crippen LogP contribution in [0.2, 0.25) is 0 Å². The van der Waals surface area contributed by atoms with E-state index in [1.54, 1.807) is 30.5 Å². The normalized spacial score (nSPS) is 17.0. The minimum atomic E-state index is -0.971. The molecule has 37 heavy (non-hydrogen) atoms. The minimum absolute atomic E-state index is 0.125. The molecule has 190 valence electrons. The average Bonchev–Trinajstić information content (AvgIpc) is 3.50. The minimum Gasteiger partial charge on any atom is -0.465 e. The van der Waals surface area contributed by atoms with Gasteiger partial charge in [0, 0.05) is 36.5 Å². The lowest BCUT2D eigenvalue weighted by Crippen LogP contribution is -2.55. The third-order valence-corrected chi connectivity index (χ3v) is 6.79. The van der Waals surface area contributed by atoms with Crippen molar-refractivity contribution in [2.45, 2.75) is 45.6 Å². The molecule has 11 nitrogen and oxygen atoms in total. The van der Waals surface area contributed by atoms with Gasteiger partial charge in [-0.2, -0.15) is 4.98 Å². The number of fused-ring (bicyclic) bond motifs is 1. The van der Waals surface area contributed by atoms with Crippen LogP contribution < -0.4 is 5.32 Å². The molecule has 1 aromatic carbocycles. The first kappa shape index (κ1) is 24.2. The Morgan fingerprint density at radius 2 is 2.03 bits per heavy atom. The van der Waals surface area contributed by atoms with Gasteiger partial charge in [0.2, 0.25) is 11.7 Å². The second-order valence-corrected chi connectivity index (χ2v) is 9.33. The molecule has 0 aliphatic carbocycles. The number of ketones is 1. The summed E-state index contributed by atoms with van der Waals surface area (Å²) >= 11 is 0. The Balaban J connectivity index is 1.33. The summed E-state index contributed by atoms with van der Waals surface area (Å²) in [5.41, 5.74) is 4.09. The third kappa shape index (κ3) is 4.67. The molecule has 1 fully saturated rings. The maximum Gasteiger partial charge on any atom is 0.407 e. The van der Waals surface area contributed by atoms with E-state index in [2.05, 4.69) is 20.4 Å². The van der Waals surface area contributed by atoms with Crippen LogP contribution in [-0.2, 0) is 11.2 Å². The Kier molecular flexibility index (Phi) is 6.20. The maximum absolute atomic E-state index is 13.1. The fraction of sp³-hybridized carbons (Fsp3) is 0.308. The van der Waals surface area contributed by atoms with Crippen molar-refractivity contribution >= 4 is 29.1 Å². The van der Waals surface area contributed by atoms with Gasteiger partial charge in [0.25, 0.3) is 5.91 Å². The molecule has 0 saturated carbocycles. The van der Waals surface area contributed by atoms with E-state index in [-0.39, 0.29) is 23.7 Å². The van der Waals surface area contributed by atoms with Crippen LogP contribution in [0.25, 0.3) is 17.0 Å². The lowest BCUT2D eigenvalue weighted by Gasteiger charge is -2.42. The van der Waals surface area contributed by atoms with Crippen molar-refractivity contribution in [1.29, 1.82) is 0 Å². The predicted octanol–water partition coefficient (Wildman–Crippen LogP) is 3.93. The number of carbonyl (C=O) groups is 3. The van der Waals surface area contributed by atoms with Crippen LogP contribution in [0.1, 0.15) is 53.7 Å². The Morgan fingerprint density at radius 3 is 2.76 bits per heavy atom. The average molecular weight is 503 g/mol. The number of benzene rings is 1. The number of aromatic nitrogens is 4. The van der Waals surface area contributed by atoms with Crippen LogP contribution >= 0.6 is 0 Å². The van der Waals surface area contributed by atoms with Gasteiger partial charge in [0.05, 0.1) is 12.1 Å². The summed E-state index contributed by atoms with van der Waals surface area (Å²) in [4.78, 5) is 45.7. The SMILES string of the molecule is CC(=O)CCc1ccn2c(C(=O)Nc3cc(-c4noc(C5CN(C(=O)O)C5C)n4)ccc3C)cnc2c1. The smallest absolute Gasteiger partial charge is 0.407 e. The maximum atomic E-state index is 13.1. The van der Waals surface area contributed by atoms with Gasteiger partial charge < -0.3 is 24.6 Å². The van der Waals surface area contributed by atoms with E-state index in [1.165, 1.54) is 11.1 Å². The molecular formula is C26H26N6O5. The Labute approximate surface area is 212 Å². The molecule has 4 aromatic rings. The molecule has 1 saturated heterocycles. The number of amides is 2. The van der Waals surface area contributed by atoms with Gasteiger partial charge in [-0.1, -0.05) is 17.3 Å². The van der Waals surface area contributed by atoms with E-state index in [1.807, 2.05) is 31.2 Å². The van der Waals surface area contributed by atoms with Crippen molar-refractivity contribution in [3.05, 3.63) is 65.4 Å². The van der Waals surface area contributed by atoms with Gasteiger partial charge in [0.15, 0.2) is 0 Å². The molecule has 4 heterocycles. The molecule has 5 rings (SSSR count). The summed E-state index contributed by atoms with van der Waals surface area (Å²) in [7, 11) is 0. The van der Waals surface area contributed by atoms with Gasteiger partial charge in [0.1, 0.15) is 17.1 Å². The molecule has 3 aromatic heterocycles. The molecule has 2 unspecified atom stereocenters. The molecule has 0 spiro atoms. The standard InChI is InChI=1S/C26H26N6O5/c1-14-4-7-18(23-29-25(37-30-23)19-13-32(16(19)3)26(35)36)11-20(14)28-24(34)21-12-27-22-10-17(6-5-15(2)33)8-9-31(21)22/h4,7-12,16,19H,5-6,13H2,1-3H3,(H,28,34)(H,35,36). The number of likely N-dealkylation sites (tertiary alicyclic amines) is 1. The number of aryl methyl sites for hydroxylation is 2. The summed E-state index contributed by atoms with van der Waals surface area (Å²) in [5.74, 6) is 0.398. The first-order chi connectivity index (χ1) is 17.7.